The Balaban J connectivity index is 2.25. The van der Waals surface area contributed by atoms with Crippen LogP contribution in [0.25, 0.3) is 0 Å². The van der Waals surface area contributed by atoms with E-state index in [1.807, 2.05) is 25.1 Å². The van der Waals surface area contributed by atoms with E-state index in [-0.39, 0.29) is 10.6 Å². The van der Waals surface area contributed by atoms with Crippen LogP contribution in [0.5, 0.6) is 0 Å². The molecule has 0 saturated carbocycles. The lowest BCUT2D eigenvalue weighted by atomic mass is 10.1. The summed E-state index contributed by atoms with van der Waals surface area (Å²) >= 11 is 1.52. The molecular weight excluding hydrogens is 272 g/mol. The molecule has 20 heavy (non-hydrogen) atoms. The summed E-state index contributed by atoms with van der Waals surface area (Å²) in [6, 6.07) is 14.5. The highest BCUT2D eigenvalue weighted by Gasteiger charge is 2.12. The zero-order valence-electron chi connectivity index (χ0n) is 10.9. The minimum absolute atomic E-state index is 0.164. The van der Waals surface area contributed by atoms with Gasteiger partial charge in [-0.25, -0.2) is 0 Å². The first-order valence-corrected chi connectivity index (χ1v) is 6.91. The summed E-state index contributed by atoms with van der Waals surface area (Å²) in [5.74, 6) is 0. The number of aryl methyl sites for hydroxylation is 1. The summed E-state index contributed by atoms with van der Waals surface area (Å²) in [6.07, 6.45) is 0.623. The van der Waals surface area contributed by atoms with E-state index >= 15 is 0 Å². The molecule has 0 fully saturated rings. The van der Waals surface area contributed by atoms with Gasteiger partial charge in [-0.15, -0.1) is 0 Å². The quantitative estimate of drug-likeness (QED) is 0.624. The van der Waals surface area contributed by atoms with Crippen LogP contribution in [0.4, 0.5) is 5.69 Å². The number of benzene rings is 2. The van der Waals surface area contributed by atoms with Crippen LogP contribution in [0.2, 0.25) is 0 Å². The highest BCUT2D eigenvalue weighted by molar-refractivity contribution is 7.99. The van der Waals surface area contributed by atoms with Gasteiger partial charge in [0.1, 0.15) is 0 Å². The third-order valence-electron chi connectivity index (χ3n) is 2.85. The van der Waals surface area contributed by atoms with Gasteiger partial charge in [0.25, 0.3) is 5.69 Å². The van der Waals surface area contributed by atoms with Crippen LogP contribution in [0, 0.1) is 21.4 Å². The third-order valence-corrected chi connectivity index (χ3v) is 3.85. The second-order valence-electron chi connectivity index (χ2n) is 4.14. The summed E-state index contributed by atoms with van der Waals surface area (Å²) in [5.41, 5.74) is 1.51. The van der Waals surface area contributed by atoms with Gasteiger partial charge in [-0.3, -0.25) is 10.1 Å². The summed E-state index contributed by atoms with van der Waals surface area (Å²) in [5, 5.41) is 19.6. The Morgan fingerprint density at radius 2 is 1.85 bits per heavy atom. The highest BCUT2D eigenvalue weighted by atomic mass is 32.2. The Hall–Kier alpha value is -2.32. The molecule has 0 aliphatic carbocycles. The Morgan fingerprint density at radius 3 is 2.40 bits per heavy atom. The van der Waals surface area contributed by atoms with Crippen molar-refractivity contribution in [2.75, 3.05) is 0 Å². The van der Waals surface area contributed by atoms with Crippen molar-refractivity contribution in [2.24, 2.45) is 0 Å². The number of hydrogen-bond acceptors (Lipinski definition) is 4. The molecule has 0 bridgehead atoms. The number of nitriles is 1. The largest absolute Gasteiger partial charge is 0.272 e. The van der Waals surface area contributed by atoms with Gasteiger partial charge in [0, 0.05) is 21.4 Å². The SMILES string of the molecule is CCc1cc(Sc2ccc(C#N)cc2)ccc1[N+](=O)[O-]. The van der Waals surface area contributed by atoms with Gasteiger partial charge in [-0.2, -0.15) is 5.26 Å². The highest BCUT2D eigenvalue weighted by Crippen LogP contribution is 2.31. The van der Waals surface area contributed by atoms with E-state index in [9.17, 15) is 10.1 Å². The van der Waals surface area contributed by atoms with Crippen LogP contribution in [0.1, 0.15) is 18.1 Å². The van der Waals surface area contributed by atoms with E-state index in [0.717, 1.165) is 15.4 Å². The molecule has 2 rings (SSSR count). The fourth-order valence-corrected chi connectivity index (χ4v) is 2.70. The van der Waals surface area contributed by atoms with Crippen molar-refractivity contribution in [3.05, 3.63) is 63.7 Å². The van der Waals surface area contributed by atoms with Crippen LogP contribution in [0.15, 0.2) is 52.3 Å². The molecule has 2 aromatic rings. The Bertz CT molecular complexity index is 675. The van der Waals surface area contributed by atoms with Crippen molar-refractivity contribution >= 4 is 17.4 Å². The van der Waals surface area contributed by atoms with E-state index < -0.39 is 0 Å². The molecule has 0 N–H and O–H groups in total. The first-order valence-electron chi connectivity index (χ1n) is 6.09. The van der Waals surface area contributed by atoms with Gasteiger partial charge in [0.05, 0.1) is 16.6 Å². The maximum atomic E-state index is 10.9. The maximum Gasteiger partial charge on any atom is 0.272 e. The molecular formula is C15H12N2O2S. The molecule has 0 aliphatic heterocycles. The summed E-state index contributed by atoms with van der Waals surface area (Å²) < 4.78 is 0. The zero-order chi connectivity index (χ0) is 14.5. The molecule has 0 radical (unpaired) electrons. The summed E-state index contributed by atoms with van der Waals surface area (Å²) in [7, 11) is 0. The number of nitro groups is 1. The van der Waals surface area contributed by atoms with Crippen molar-refractivity contribution in [1.29, 1.82) is 5.26 Å². The average molecular weight is 284 g/mol. The van der Waals surface area contributed by atoms with Crippen LogP contribution in [0.3, 0.4) is 0 Å². The number of nitro benzene ring substituents is 1. The van der Waals surface area contributed by atoms with Gasteiger partial charge in [0.2, 0.25) is 0 Å². The zero-order valence-corrected chi connectivity index (χ0v) is 11.7. The molecule has 0 atom stereocenters. The summed E-state index contributed by atoms with van der Waals surface area (Å²) in [6.45, 7) is 1.90. The van der Waals surface area contributed by atoms with Gasteiger partial charge in [-0.05, 0) is 42.8 Å². The normalized spacial score (nSPS) is 10.0. The molecule has 0 amide bonds. The third kappa shape index (κ3) is 3.16. The Kier molecular flexibility index (Phi) is 4.38. The van der Waals surface area contributed by atoms with Crippen molar-refractivity contribution in [1.82, 2.24) is 0 Å². The van der Waals surface area contributed by atoms with Crippen LogP contribution < -0.4 is 0 Å². The standard InChI is InChI=1S/C15H12N2O2S/c1-2-12-9-14(7-8-15(12)17(18)19)20-13-5-3-11(10-16)4-6-13/h3-9H,2H2,1H3. The molecule has 2 aromatic carbocycles. The molecule has 0 aromatic heterocycles. The van der Waals surface area contributed by atoms with Gasteiger partial charge in [0.15, 0.2) is 0 Å². The fraction of sp³-hybridized carbons (Fsp3) is 0.133. The molecule has 0 unspecified atom stereocenters. The van der Waals surface area contributed by atoms with Crippen molar-refractivity contribution in [3.8, 4) is 6.07 Å². The fourth-order valence-electron chi connectivity index (χ4n) is 1.82. The lowest BCUT2D eigenvalue weighted by Crippen LogP contribution is -1.94. The topological polar surface area (TPSA) is 66.9 Å². The molecule has 0 aliphatic rings. The molecule has 0 spiro atoms. The van der Waals surface area contributed by atoms with Crippen molar-refractivity contribution in [3.63, 3.8) is 0 Å². The predicted octanol–water partition coefficient (Wildman–Crippen LogP) is 4.18. The molecule has 4 nitrogen and oxygen atoms in total. The van der Waals surface area contributed by atoms with Gasteiger partial charge >= 0.3 is 0 Å². The smallest absolute Gasteiger partial charge is 0.258 e. The molecule has 100 valence electrons. The Labute approximate surface area is 121 Å². The molecule has 0 saturated heterocycles. The van der Waals surface area contributed by atoms with Crippen LogP contribution >= 0.6 is 11.8 Å². The first kappa shape index (κ1) is 14.1. The van der Waals surface area contributed by atoms with E-state index in [1.165, 1.54) is 11.8 Å². The van der Waals surface area contributed by atoms with E-state index in [0.29, 0.717) is 12.0 Å². The number of hydrogen-bond donors (Lipinski definition) is 0. The molecule has 0 heterocycles. The van der Waals surface area contributed by atoms with Crippen molar-refractivity contribution in [2.45, 2.75) is 23.1 Å². The minimum Gasteiger partial charge on any atom is -0.258 e. The van der Waals surface area contributed by atoms with Crippen LogP contribution in [-0.2, 0) is 6.42 Å². The monoisotopic (exact) mass is 284 g/mol. The average Bonchev–Trinajstić information content (AvgIpc) is 2.47. The number of nitrogens with zero attached hydrogens (tertiary/aromatic N) is 2. The second kappa shape index (κ2) is 6.22. The lowest BCUT2D eigenvalue weighted by molar-refractivity contribution is -0.385. The van der Waals surface area contributed by atoms with Gasteiger partial charge < -0.3 is 0 Å². The van der Waals surface area contributed by atoms with E-state index in [2.05, 4.69) is 6.07 Å². The molecule has 5 heteroatoms. The lowest BCUT2D eigenvalue weighted by Gasteiger charge is -2.05. The Morgan fingerprint density at radius 1 is 1.20 bits per heavy atom. The number of rotatable bonds is 4. The summed E-state index contributed by atoms with van der Waals surface area (Å²) in [4.78, 5) is 12.5. The van der Waals surface area contributed by atoms with Gasteiger partial charge in [-0.1, -0.05) is 18.7 Å². The van der Waals surface area contributed by atoms with Crippen molar-refractivity contribution < 1.29 is 4.92 Å². The minimum atomic E-state index is -0.352. The van der Waals surface area contributed by atoms with Crippen LogP contribution in [-0.4, -0.2) is 4.92 Å². The van der Waals surface area contributed by atoms with E-state index in [4.69, 9.17) is 5.26 Å². The maximum absolute atomic E-state index is 10.9. The second-order valence-corrected chi connectivity index (χ2v) is 5.29. The van der Waals surface area contributed by atoms with E-state index in [1.54, 1.807) is 24.3 Å². The first-order chi connectivity index (χ1) is 9.63. The predicted molar refractivity (Wildman–Crippen MR) is 77.8 cm³/mol.